The first-order valence-electron chi connectivity index (χ1n) is 5.80. The number of carboxylic acid groups (broad SMARTS) is 1. The molecule has 6 heteroatoms. The van der Waals surface area contributed by atoms with Gasteiger partial charge in [-0.3, -0.25) is 4.79 Å². The largest absolute Gasteiger partial charge is 0.480 e. The maximum absolute atomic E-state index is 12.5. The second-order valence-corrected chi connectivity index (χ2v) is 7.36. The monoisotopic (exact) mass is 275 g/mol. The molecule has 0 radical (unpaired) electrons. The lowest BCUT2D eigenvalue weighted by molar-refractivity contribution is -0.150. The van der Waals surface area contributed by atoms with Gasteiger partial charge in [-0.15, -0.1) is 11.8 Å². The third-order valence-corrected chi connectivity index (χ3v) is 5.88. The highest BCUT2D eigenvalue weighted by Gasteiger charge is 2.44. The Hall–Kier alpha value is -0.360. The Balaban J connectivity index is 2.13. The Morgan fingerprint density at radius 2 is 2.18 bits per heavy atom. The van der Waals surface area contributed by atoms with Crippen LogP contribution in [0.3, 0.4) is 0 Å². The number of thioether (sulfide) groups is 2. The molecule has 0 saturated carbocycles. The van der Waals surface area contributed by atoms with Crippen molar-refractivity contribution in [3.8, 4) is 0 Å². The minimum Gasteiger partial charge on any atom is -0.480 e. The van der Waals surface area contributed by atoms with Crippen LogP contribution in [0.5, 0.6) is 0 Å². The first kappa shape index (κ1) is 13.1. The number of amides is 1. The van der Waals surface area contributed by atoms with Crippen molar-refractivity contribution >= 4 is 35.4 Å². The van der Waals surface area contributed by atoms with Crippen molar-refractivity contribution in [2.24, 2.45) is 0 Å². The second-order valence-electron chi connectivity index (χ2n) is 4.61. The minimum absolute atomic E-state index is 0.0210. The average Bonchev–Trinajstić information content (AvgIpc) is 2.76. The van der Waals surface area contributed by atoms with Crippen molar-refractivity contribution in [2.45, 2.75) is 30.6 Å². The van der Waals surface area contributed by atoms with Gasteiger partial charge in [-0.1, -0.05) is 0 Å². The number of hydrogen-bond acceptors (Lipinski definition) is 4. The van der Waals surface area contributed by atoms with Gasteiger partial charge < -0.3 is 10.0 Å². The van der Waals surface area contributed by atoms with Crippen LogP contribution < -0.4 is 0 Å². The Labute approximate surface area is 110 Å². The van der Waals surface area contributed by atoms with E-state index in [4.69, 9.17) is 0 Å². The smallest absolute Gasteiger partial charge is 0.327 e. The quantitative estimate of drug-likeness (QED) is 0.823. The van der Waals surface area contributed by atoms with Gasteiger partial charge in [0.05, 0.1) is 4.75 Å². The fourth-order valence-corrected chi connectivity index (χ4v) is 4.61. The van der Waals surface area contributed by atoms with Gasteiger partial charge in [0, 0.05) is 18.1 Å². The van der Waals surface area contributed by atoms with Crippen LogP contribution in [0, 0.1) is 0 Å². The fourth-order valence-electron chi connectivity index (χ4n) is 2.30. The fraction of sp³-hybridized carbons (Fsp3) is 0.818. The summed E-state index contributed by atoms with van der Waals surface area (Å²) in [6.45, 7) is 2.52. The van der Waals surface area contributed by atoms with Gasteiger partial charge in [-0.25, -0.2) is 4.79 Å². The molecule has 2 unspecified atom stereocenters. The second kappa shape index (κ2) is 5.10. The molecular weight excluding hydrogens is 258 g/mol. The molecule has 1 N–H and O–H groups in total. The average molecular weight is 275 g/mol. The molecule has 0 bridgehead atoms. The summed E-state index contributed by atoms with van der Waals surface area (Å²) in [7, 11) is 0. The SMILES string of the molecule is CC1(C(=O)N2CCSCC2C(=O)O)CCCS1. The van der Waals surface area contributed by atoms with Crippen LogP contribution in [0.15, 0.2) is 0 Å². The van der Waals surface area contributed by atoms with Crippen molar-refractivity contribution in [3.05, 3.63) is 0 Å². The topological polar surface area (TPSA) is 57.6 Å². The zero-order valence-electron chi connectivity index (χ0n) is 9.85. The molecule has 2 aliphatic heterocycles. The zero-order chi connectivity index (χ0) is 12.5. The van der Waals surface area contributed by atoms with Crippen molar-refractivity contribution in [1.29, 1.82) is 0 Å². The molecule has 1 amide bonds. The molecule has 17 heavy (non-hydrogen) atoms. The molecule has 0 aromatic heterocycles. The van der Waals surface area contributed by atoms with E-state index in [1.807, 2.05) is 6.92 Å². The first-order chi connectivity index (χ1) is 8.04. The lowest BCUT2D eigenvalue weighted by Gasteiger charge is -2.37. The molecule has 96 valence electrons. The van der Waals surface area contributed by atoms with Crippen LogP contribution in [0.2, 0.25) is 0 Å². The molecule has 0 aromatic rings. The van der Waals surface area contributed by atoms with Gasteiger partial charge in [0.1, 0.15) is 6.04 Å². The zero-order valence-corrected chi connectivity index (χ0v) is 11.5. The van der Waals surface area contributed by atoms with Crippen molar-refractivity contribution in [3.63, 3.8) is 0 Å². The molecule has 2 saturated heterocycles. The molecule has 2 heterocycles. The number of rotatable bonds is 2. The Morgan fingerprint density at radius 3 is 2.76 bits per heavy atom. The van der Waals surface area contributed by atoms with E-state index in [9.17, 15) is 14.7 Å². The van der Waals surface area contributed by atoms with E-state index in [-0.39, 0.29) is 5.91 Å². The van der Waals surface area contributed by atoms with Gasteiger partial charge in [-0.05, 0) is 25.5 Å². The molecule has 2 aliphatic rings. The number of nitrogens with zero attached hydrogens (tertiary/aromatic N) is 1. The van der Waals surface area contributed by atoms with Crippen molar-refractivity contribution in [1.82, 2.24) is 4.90 Å². The van der Waals surface area contributed by atoms with Gasteiger partial charge in [-0.2, -0.15) is 11.8 Å². The minimum atomic E-state index is -0.878. The van der Waals surface area contributed by atoms with Crippen molar-refractivity contribution in [2.75, 3.05) is 23.8 Å². The molecule has 0 aliphatic carbocycles. The van der Waals surface area contributed by atoms with Crippen molar-refractivity contribution < 1.29 is 14.7 Å². The predicted molar refractivity (Wildman–Crippen MR) is 70.6 cm³/mol. The number of carbonyl (C=O) groups is 2. The summed E-state index contributed by atoms with van der Waals surface area (Å²) < 4.78 is -0.393. The van der Waals surface area contributed by atoms with Gasteiger partial charge in [0.25, 0.3) is 0 Å². The summed E-state index contributed by atoms with van der Waals surface area (Å²) >= 11 is 3.28. The number of carboxylic acids is 1. The summed E-state index contributed by atoms with van der Waals surface area (Å²) in [5, 5.41) is 9.17. The molecule has 2 rings (SSSR count). The summed E-state index contributed by atoms with van der Waals surface area (Å²) in [6, 6.07) is -0.640. The molecule has 0 spiro atoms. The lowest BCUT2D eigenvalue weighted by Crippen LogP contribution is -2.55. The van der Waals surface area contributed by atoms with Crippen LogP contribution in [0.1, 0.15) is 19.8 Å². The number of hydrogen-bond donors (Lipinski definition) is 1. The Kier molecular flexibility index (Phi) is 3.92. The summed E-state index contributed by atoms with van der Waals surface area (Å²) in [4.78, 5) is 25.2. The van der Waals surface area contributed by atoms with Gasteiger partial charge in [0.15, 0.2) is 0 Å². The van der Waals surface area contributed by atoms with Crippen LogP contribution in [-0.4, -0.2) is 56.5 Å². The number of aliphatic carboxylic acids is 1. The molecule has 2 atom stereocenters. The maximum atomic E-state index is 12.5. The molecule has 0 aromatic carbocycles. The van der Waals surface area contributed by atoms with E-state index in [2.05, 4.69) is 0 Å². The first-order valence-corrected chi connectivity index (χ1v) is 7.94. The third-order valence-electron chi connectivity index (χ3n) is 3.35. The lowest BCUT2D eigenvalue weighted by atomic mass is 10.0. The van der Waals surface area contributed by atoms with E-state index in [0.29, 0.717) is 12.3 Å². The predicted octanol–water partition coefficient (Wildman–Crippen LogP) is 1.30. The highest BCUT2D eigenvalue weighted by Crippen LogP contribution is 2.40. The maximum Gasteiger partial charge on any atom is 0.327 e. The van der Waals surface area contributed by atoms with Gasteiger partial charge in [0.2, 0.25) is 5.91 Å². The molecule has 4 nitrogen and oxygen atoms in total. The summed E-state index contributed by atoms with van der Waals surface area (Å²) in [6.07, 6.45) is 1.92. The Bertz CT molecular complexity index is 329. The van der Waals surface area contributed by atoms with E-state index < -0.39 is 16.8 Å². The summed E-state index contributed by atoms with van der Waals surface area (Å²) in [5.41, 5.74) is 0. The normalized spacial score (nSPS) is 33.7. The standard InChI is InChI=1S/C11H17NO3S2/c1-11(3-2-5-17-11)10(15)12-4-6-16-7-8(12)9(13)14/h8H,2-7H2,1H3,(H,13,14). The van der Waals surface area contributed by atoms with Crippen LogP contribution in [0.4, 0.5) is 0 Å². The Morgan fingerprint density at radius 1 is 1.41 bits per heavy atom. The van der Waals surface area contributed by atoms with Crippen LogP contribution in [0.25, 0.3) is 0 Å². The van der Waals surface area contributed by atoms with E-state index in [1.54, 1.807) is 28.4 Å². The summed E-state index contributed by atoms with van der Waals surface area (Å²) in [5.74, 6) is 1.51. The highest BCUT2D eigenvalue weighted by atomic mass is 32.2. The van der Waals surface area contributed by atoms with Gasteiger partial charge >= 0.3 is 5.97 Å². The molecular formula is C11H17NO3S2. The van der Waals surface area contributed by atoms with Crippen LogP contribution in [-0.2, 0) is 9.59 Å². The number of carbonyl (C=O) groups excluding carboxylic acids is 1. The molecule has 2 fully saturated rings. The van der Waals surface area contributed by atoms with E-state index in [1.165, 1.54) is 0 Å². The highest BCUT2D eigenvalue weighted by molar-refractivity contribution is 8.01. The third kappa shape index (κ3) is 2.57. The van der Waals surface area contributed by atoms with Crippen LogP contribution >= 0.6 is 23.5 Å². The van der Waals surface area contributed by atoms with E-state index >= 15 is 0 Å². The van der Waals surface area contributed by atoms with E-state index in [0.717, 1.165) is 24.3 Å².